The molecule has 0 aliphatic carbocycles. The van der Waals surface area contributed by atoms with E-state index in [0.29, 0.717) is 0 Å². The van der Waals surface area contributed by atoms with Gasteiger partial charge in [-0.05, 0) is 57.2 Å². The van der Waals surface area contributed by atoms with E-state index in [1.807, 2.05) is 0 Å². The minimum absolute atomic E-state index is 0.0896. The number of amides is 1. The second kappa shape index (κ2) is 8.39. The normalized spacial score (nSPS) is 18.0. The molecule has 2 aromatic rings. The molecule has 1 amide bonds. The Hall–Kier alpha value is -3.37. The van der Waals surface area contributed by atoms with Gasteiger partial charge in [-0.3, -0.25) is 0 Å². The summed E-state index contributed by atoms with van der Waals surface area (Å²) in [6.07, 6.45) is -6.48. The van der Waals surface area contributed by atoms with Crippen molar-refractivity contribution in [2.45, 2.75) is 44.8 Å². The number of nitrogens with zero attached hydrogens (tertiary/aromatic N) is 2. The van der Waals surface area contributed by atoms with Gasteiger partial charge in [0.1, 0.15) is 5.60 Å². The van der Waals surface area contributed by atoms with Gasteiger partial charge in [0.25, 0.3) is 0 Å². The highest BCUT2D eigenvalue weighted by Gasteiger charge is 2.38. The first-order chi connectivity index (χ1) is 16.1. The average molecular weight is 500 g/mol. The molecule has 0 radical (unpaired) electrons. The van der Waals surface area contributed by atoms with Crippen molar-refractivity contribution in [1.82, 2.24) is 4.90 Å². The standard InChI is InChI=1S/C24H22F6N2O3/c1-22(2,3)35-21(33)31-10-4-5-16(13-31)32-17-8-6-14(23(25,26)27)11-19(17)34-20-12-15(24(28,29)30)7-9-18(20)32/h4-9,11-12,16H,10,13H2,1-3H3/t16-/m1/s1. The van der Waals surface area contributed by atoms with Gasteiger partial charge in [-0.25, -0.2) is 4.79 Å². The zero-order valence-corrected chi connectivity index (χ0v) is 19.0. The molecule has 5 nitrogen and oxygen atoms in total. The summed E-state index contributed by atoms with van der Waals surface area (Å²) in [6.45, 7) is 5.48. The lowest BCUT2D eigenvalue weighted by Crippen LogP contribution is -2.48. The molecule has 0 fully saturated rings. The quantitative estimate of drug-likeness (QED) is 0.308. The van der Waals surface area contributed by atoms with E-state index in [1.165, 1.54) is 17.0 Å². The van der Waals surface area contributed by atoms with Gasteiger partial charge >= 0.3 is 18.4 Å². The molecular weight excluding hydrogens is 478 g/mol. The maximum Gasteiger partial charge on any atom is 0.416 e. The lowest BCUT2D eigenvalue weighted by molar-refractivity contribution is -0.138. The highest BCUT2D eigenvalue weighted by atomic mass is 19.4. The van der Waals surface area contributed by atoms with Crippen molar-refractivity contribution < 1.29 is 40.6 Å². The summed E-state index contributed by atoms with van der Waals surface area (Å²) in [5.41, 5.74) is -2.28. The van der Waals surface area contributed by atoms with Crippen LogP contribution < -0.4 is 9.64 Å². The molecule has 0 N–H and O–H groups in total. The smallest absolute Gasteiger partial charge is 0.416 e. The van der Waals surface area contributed by atoms with Crippen LogP contribution in [-0.2, 0) is 17.1 Å². The monoisotopic (exact) mass is 500 g/mol. The molecule has 1 atom stereocenters. The summed E-state index contributed by atoms with van der Waals surface area (Å²) in [4.78, 5) is 15.6. The SMILES string of the molecule is CC(C)(C)OC(=O)N1CC=C[C@@H](N2c3ccc(C(F)(F)F)cc3Oc3cc(C(F)(F)F)ccc32)C1. The van der Waals surface area contributed by atoms with Crippen LogP contribution in [0, 0.1) is 0 Å². The molecule has 0 unspecified atom stereocenters. The first-order valence-corrected chi connectivity index (χ1v) is 10.7. The summed E-state index contributed by atoms with van der Waals surface area (Å²) in [5.74, 6) is -0.483. The van der Waals surface area contributed by atoms with Crippen LogP contribution in [0.5, 0.6) is 11.5 Å². The third-order valence-corrected chi connectivity index (χ3v) is 5.39. The summed E-state index contributed by atoms with van der Waals surface area (Å²) < 4.78 is 90.8. The van der Waals surface area contributed by atoms with Crippen molar-refractivity contribution in [3.8, 4) is 11.5 Å². The van der Waals surface area contributed by atoms with Crippen LogP contribution in [0.15, 0.2) is 48.6 Å². The Balaban J connectivity index is 1.77. The Bertz CT molecular complexity index is 1100. The number of rotatable bonds is 1. The Kier molecular flexibility index (Phi) is 5.93. The third kappa shape index (κ3) is 5.18. The van der Waals surface area contributed by atoms with E-state index < -0.39 is 41.2 Å². The lowest BCUT2D eigenvalue weighted by Gasteiger charge is -2.41. The van der Waals surface area contributed by atoms with E-state index in [2.05, 4.69) is 0 Å². The van der Waals surface area contributed by atoms with Gasteiger partial charge in [-0.2, -0.15) is 26.3 Å². The maximum absolute atomic E-state index is 13.3. The van der Waals surface area contributed by atoms with Gasteiger partial charge in [0, 0.05) is 13.1 Å². The molecule has 2 aliphatic heterocycles. The first kappa shape index (κ1) is 24.7. The summed E-state index contributed by atoms with van der Waals surface area (Å²) in [5, 5.41) is 0. The van der Waals surface area contributed by atoms with Crippen molar-refractivity contribution in [1.29, 1.82) is 0 Å². The van der Waals surface area contributed by atoms with Gasteiger partial charge in [0.05, 0.1) is 28.5 Å². The molecule has 11 heteroatoms. The summed E-state index contributed by atoms with van der Waals surface area (Å²) >= 11 is 0. The van der Waals surface area contributed by atoms with Crippen molar-refractivity contribution >= 4 is 17.5 Å². The fourth-order valence-corrected chi connectivity index (χ4v) is 3.90. The number of halogens is 6. The van der Waals surface area contributed by atoms with Crippen molar-refractivity contribution in [2.75, 3.05) is 18.0 Å². The zero-order valence-electron chi connectivity index (χ0n) is 19.0. The Morgan fingerprint density at radius 2 is 1.43 bits per heavy atom. The van der Waals surface area contributed by atoms with Gasteiger partial charge < -0.3 is 19.3 Å². The van der Waals surface area contributed by atoms with E-state index in [9.17, 15) is 31.1 Å². The molecule has 188 valence electrons. The molecule has 2 aromatic carbocycles. The Labute approximate surface area is 197 Å². The molecule has 0 saturated carbocycles. The van der Waals surface area contributed by atoms with E-state index in [1.54, 1.807) is 37.8 Å². The average Bonchev–Trinajstić information content (AvgIpc) is 2.74. The van der Waals surface area contributed by atoms with Crippen LogP contribution in [0.3, 0.4) is 0 Å². The molecular formula is C24H22F6N2O3. The Morgan fingerprint density at radius 1 is 0.914 bits per heavy atom. The third-order valence-electron chi connectivity index (χ3n) is 5.39. The predicted molar refractivity (Wildman–Crippen MR) is 116 cm³/mol. The minimum atomic E-state index is -4.67. The largest absolute Gasteiger partial charge is 0.453 e. The number of ether oxygens (including phenoxy) is 2. The molecule has 4 rings (SSSR count). The van der Waals surface area contributed by atoms with Crippen LogP contribution in [-0.4, -0.2) is 35.7 Å². The van der Waals surface area contributed by atoms with Crippen molar-refractivity contribution in [3.05, 3.63) is 59.7 Å². The molecule has 0 spiro atoms. The Morgan fingerprint density at radius 3 is 1.89 bits per heavy atom. The fourth-order valence-electron chi connectivity index (χ4n) is 3.90. The van der Waals surface area contributed by atoms with Crippen molar-refractivity contribution in [3.63, 3.8) is 0 Å². The highest BCUT2D eigenvalue weighted by molar-refractivity contribution is 5.80. The van der Waals surface area contributed by atoms with E-state index in [-0.39, 0.29) is 36.0 Å². The van der Waals surface area contributed by atoms with Crippen molar-refractivity contribution in [2.24, 2.45) is 0 Å². The lowest BCUT2D eigenvalue weighted by atomic mass is 10.0. The van der Waals surface area contributed by atoms with Crippen LogP contribution in [0.4, 0.5) is 42.5 Å². The van der Waals surface area contributed by atoms with Crippen LogP contribution in [0.1, 0.15) is 31.9 Å². The second-order valence-electron chi connectivity index (χ2n) is 9.21. The molecule has 0 saturated heterocycles. The summed E-state index contributed by atoms with van der Waals surface area (Å²) in [7, 11) is 0. The fraction of sp³-hybridized carbons (Fsp3) is 0.375. The zero-order chi connectivity index (χ0) is 25.8. The number of benzene rings is 2. The number of carbonyl (C=O) groups is 1. The molecule has 0 aromatic heterocycles. The number of hydrogen-bond donors (Lipinski definition) is 0. The predicted octanol–water partition coefficient (Wildman–Crippen LogP) is 7.14. The molecule has 35 heavy (non-hydrogen) atoms. The number of hydrogen-bond acceptors (Lipinski definition) is 4. The van der Waals surface area contributed by atoms with Gasteiger partial charge in [0.2, 0.25) is 0 Å². The number of alkyl halides is 6. The second-order valence-corrected chi connectivity index (χ2v) is 9.21. The summed E-state index contributed by atoms with van der Waals surface area (Å²) in [6, 6.07) is 5.07. The van der Waals surface area contributed by atoms with Gasteiger partial charge in [0.15, 0.2) is 11.5 Å². The first-order valence-electron chi connectivity index (χ1n) is 10.7. The molecule has 2 heterocycles. The van der Waals surface area contributed by atoms with Crippen LogP contribution in [0.25, 0.3) is 0 Å². The van der Waals surface area contributed by atoms with Crippen LogP contribution in [0.2, 0.25) is 0 Å². The minimum Gasteiger partial charge on any atom is -0.453 e. The van der Waals surface area contributed by atoms with Gasteiger partial charge in [-0.1, -0.05) is 12.2 Å². The van der Waals surface area contributed by atoms with E-state index >= 15 is 0 Å². The number of fused-ring (bicyclic) bond motifs is 2. The highest BCUT2D eigenvalue weighted by Crippen LogP contribution is 2.51. The van der Waals surface area contributed by atoms with Gasteiger partial charge in [-0.15, -0.1) is 0 Å². The van der Waals surface area contributed by atoms with Crippen LogP contribution >= 0.6 is 0 Å². The molecule has 0 bridgehead atoms. The maximum atomic E-state index is 13.3. The van der Waals surface area contributed by atoms with E-state index in [0.717, 1.165) is 24.3 Å². The molecule has 2 aliphatic rings. The number of carbonyl (C=O) groups excluding carboxylic acids is 1. The van der Waals surface area contributed by atoms with E-state index in [4.69, 9.17) is 9.47 Å². The number of anilines is 2. The topological polar surface area (TPSA) is 42.0 Å².